The van der Waals surface area contributed by atoms with Crippen molar-refractivity contribution in [1.82, 2.24) is 10.3 Å². The number of hydrogen-bond donors (Lipinski definition) is 2. The number of benzene rings is 1. The Hall–Kier alpha value is -2.21. The van der Waals surface area contributed by atoms with Gasteiger partial charge in [0, 0.05) is 36.5 Å². The van der Waals surface area contributed by atoms with Crippen molar-refractivity contribution >= 4 is 16.8 Å². The molecule has 0 atom stereocenters. The molecule has 0 saturated carbocycles. The fourth-order valence-corrected chi connectivity index (χ4v) is 2.26. The molecule has 3 heteroatoms. The Morgan fingerprint density at radius 2 is 2.20 bits per heavy atom. The molecule has 20 heavy (non-hydrogen) atoms. The van der Waals surface area contributed by atoms with E-state index < -0.39 is 0 Å². The normalized spacial score (nSPS) is 10.1. The minimum Gasteiger partial charge on any atom is -0.361 e. The van der Waals surface area contributed by atoms with Crippen LogP contribution in [-0.2, 0) is 11.2 Å². The van der Waals surface area contributed by atoms with Crippen molar-refractivity contribution in [2.24, 2.45) is 0 Å². The number of aryl methyl sites for hydroxylation is 1. The molecule has 1 aromatic heterocycles. The van der Waals surface area contributed by atoms with Gasteiger partial charge in [0.1, 0.15) is 0 Å². The summed E-state index contributed by atoms with van der Waals surface area (Å²) in [6.45, 7) is 2.45. The van der Waals surface area contributed by atoms with Crippen LogP contribution in [0.15, 0.2) is 30.5 Å². The lowest BCUT2D eigenvalue weighted by atomic mass is 10.1. The second kappa shape index (κ2) is 7.40. The van der Waals surface area contributed by atoms with E-state index in [1.165, 1.54) is 10.9 Å². The quantitative estimate of drug-likeness (QED) is 0.614. The zero-order chi connectivity index (χ0) is 14.2. The average Bonchev–Trinajstić information content (AvgIpc) is 2.87. The Labute approximate surface area is 119 Å². The first-order valence-corrected chi connectivity index (χ1v) is 7.02. The number of H-pyrrole nitrogens is 1. The Balaban J connectivity index is 1.75. The molecule has 0 spiro atoms. The Morgan fingerprint density at radius 1 is 1.35 bits per heavy atom. The zero-order valence-electron chi connectivity index (χ0n) is 11.8. The fraction of sp³-hybridized carbons (Fsp3) is 0.353. The van der Waals surface area contributed by atoms with Gasteiger partial charge >= 0.3 is 0 Å². The van der Waals surface area contributed by atoms with Gasteiger partial charge in [0.05, 0.1) is 0 Å². The van der Waals surface area contributed by atoms with Crippen LogP contribution >= 0.6 is 0 Å². The van der Waals surface area contributed by atoms with Gasteiger partial charge in [0.15, 0.2) is 0 Å². The van der Waals surface area contributed by atoms with Crippen LogP contribution in [-0.4, -0.2) is 17.4 Å². The summed E-state index contributed by atoms with van der Waals surface area (Å²) in [7, 11) is 0. The van der Waals surface area contributed by atoms with Gasteiger partial charge in [-0.3, -0.25) is 4.79 Å². The van der Waals surface area contributed by atoms with Crippen molar-refractivity contribution in [1.29, 1.82) is 0 Å². The SMILES string of the molecule is CC#CCCNC(=O)CCCc1c[nH]c2ccccc12. The lowest BCUT2D eigenvalue weighted by Crippen LogP contribution is -2.23. The van der Waals surface area contributed by atoms with Crippen molar-refractivity contribution in [3.05, 3.63) is 36.0 Å². The summed E-state index contributed by atoms with van der Waals surface area (Å²) in [5.41, 5.74) is 2.44. The lowest BCUT2D eigenvalue weighted by Gasteiger charge is -2.03. The third kappa shape index (κ3) is 3.89. The largest absolute Gasteiger partial charge is 0.361 e. The number of para-hydroxylation sites is 1. The molecule has 0 aliphatic carbocycles. The monoisotopic (exact) mass is 268 g/mol. The number of aromatic nitrogens is 1. The van der Waals surface area contributed by atoms with Crippen LogP contribution in [0.25, 0.3) is 10.9 Å². The smallest absolute Gasteiger partial charge is 0.220 e. The molecule has 0 aliphatic heterocycles. The van der Waals surface area contributed by atoms with E-state index in [4.69, 9.17) is 0 Å². The highest BCUT2D eigenvalue weighted by Crippen LogP contribution is 2.19. The molecular weight excluding hydrogens is 248 g/mol. The van der Waals surface area contributed by atoms with Crippen molar-refractivity contribution < 1.29 is 4.79 Å². The number of rotatable bonds is 6. The van der Waals surface area contributed by atoms with E-state index in [0.717, 1.165) is 24.8 Å². The first kappa shape index (κ1) is 14.2. The van der Waals surface area contributed by atoms with Crippen molar-refractivity contribution in [2.45, 2.75) is 32.6 Å². The van der Waals surface area contributed by atoms with Gasteiger partial charge in [-0.1, -0.05) is 18.2 Å². The minimum absolute atomic E-state index is 0.114. The number of hydrogen-bond acceptors (Lipinski definition) is 1. The van der Waals surface area contributed by atoms with E-state index in [1.807, 2.05) is 25.3 Å². The summed E-state index contributed by atoms with van der Waals surface area (Å²) < 4.78 is 0. The van der Waals surface area contributed by atoms with Crippen molar-refractivity contribution in [3.63, 3.8) is 0 Å². The van der Waals surface area contributed by atoms with Crippen molar-refractivity contribution in [3.8, 4) is 11.8 Å². The molecule has 0 aliphatic rings. The zero-order valence-corrected chi connectivity index (χ0v) is 11.8. The van der Waals surface area contributed by atoms with E-state index in [-0.39, 0.29) is 5.91 Å². The van der Waals surface area contributed by atoms with Gasteiger partial charge in [-0.15, -0.1) is 11.8 Å². The number of nitrogens with one attached hydrogen (secondary N) is 2. The highest BCUT2D eigenvalue weighted by molar-refractivity contribution is 5.83. The number of carbonyl (C=O) groups excluding carboxylic acids is 1. The van der Waals surface area contributed by atoms with Gasteiger partial charge in [-0.05, 0) is 31.4 Å². The van der Waals surface area contributed by atoms with Gasteiger partial charge in [0.25, 0.3) is 0 Å². The molecule has 1 aromatic carbocycles. The third-order valence-electron chi connectivity index (χ3n) is 3.27. The van der Waals surface area contributed by atoms with E-state index in [9.17, 15) is 4.79 Å². The Kier molecular flexibility index (Phi) is 5.25. The molecule has 1 amide bonds. The van der Waals surface area contributed by atoms with E-state index in [0.29, 0.717) is 13.0 Å². The van der Waals surface area contributed by atoms with Crippen LogP contribution in [0, 0.1) is 11.8 Å². The first-order chi connectivity index (χ1) is 9.81. The van der Waals surface area contributed by atoms with Crippen LogP contribution < -0.4 is 5.32 Å². The fourth-order valence-electron chi connectivity index (χ4n) is 2.26. The van der Waals surface area contributed by atoms with E-state index >= 15 is 0 Å². The molecule has 0 unspecified atom stereocenters. The van der Waals surface area contributed by atoms with Crippen LogP contribution in [0.1, 0.15) is 31.7 Å². The standard InChI is InChI=1S/C17H20N2O/c1-2-3-6-12-18-17(20)11-7-8-14-13-19-16-10-5-4-9-15(14)16/h4-5,9-10,13,19H,6-8,11-12H2,1H3,(H,18,20). The molecule has 0 fully saturated rings. The molecule has 0 radical (unpaired) electrons. The summed E-state index contributed by atoms with van der Waals surface area (Å²) in [6.07, 6.45) is 5.13. The summed E-state index contributed by atoms with van der Waals surface area (Å²) >= 11 is 0. The molecule has 2 aromatic rings. The second-order valence-corrected chi connectivity index (χ2v) is 4.74. The maximum absolute atomic E-state index is 11.6. The molecule has 3 nitrogen and oxygen atoms in total. The molecule has 0 bridgehead atoms. The topological polar surface area (TPSA) is 44.9 Å². The molecule has 2 N–H and O–H groups in total. The highest BCUT2D eigenvalue weighted by Gasteiger charge is 2.04. The van der Waals surface area contributed by atoms with Crippen molar-refractivity contribution in [2.75, 3.05) is 6.54 Å². The van der Waals surface area contributed by atoms with Crippen LogP contribution in [0.2, 0.25) is 0 Å². The number of fused-ring (bicyclic) bond motifs is 1. The average molecular weight is 268 g/mol. The Morgan fingerprint density at radius 3 is 3.05 bits per heavy atom. The first-order valence-electron chi connectivity index (χ1n) is 7.02. The van der Waals surface area contributed by atoms with Crippen LogP contribution in [0.4, 0.5) is 0 Å². The molecule has 0 saturated heterocycles. The predicted molar refractivity (Wildman–Crippen MR) is 82.3 cm³/mol. The lowest BCUT2D eigenvalue weighted by molar-refractivity contribution is -0.121. The van der Waals surface area contributed by atoms with Crippen LogP contribution in [0.5, 0.6) is 0 Å². The summed E-state index contributed by atoms with van der Waals surface area (Å²) in [4.78, 5) is 14.9. The maximum Gasteiger partial charge on any atom is 0.220 e. The Bertz CT molecular complexity index is 631. The molecular formula is C17H20N2O. The van der Waals surface area contributed by atoms with E-state index in [2.05, 4.69) is 34.3 Å². The predicted octanol–water partition coefficient (Wildman–Crippen LogP) is 3.02. The third-order valence-corrected chi connectivity index (χ3v) is 3.27. The maximum atomic E-state index is 11.6. The van der Waals surface area contributed by atoms with Gasteiger partial charge < -0.3 is 10.3 Å². The molecule has 1 heterocycles. The van der Waals surface area contributed by atoms with Gasteiger partial charge in [-0.25, -0.2) is 0 Å². The second-order valence-electron chi connectivity index (χ2n) is 4.74. The summed E-state index contributed by atoms with van der Waals surface area (Å²) in [5, 5.41) is 4.14. The highest BCUT2D eigenvalue weighted by atomic mass is 16.1. The number of carbonyl (C=O) groups is 1. The van der Waals surface area contributed by atoms with Gasteiger partial charge in [0.2, 0.25) is 5.91 Å². The molecule has 104 valence electrons. The number of aromatic amines is 1. The van der Waals surface area contributed by atoms with E-state index in [1.54, 1.807) is 0 Å². The summed E-state index contributed by atoms with van der Waals surface area (Å²) in [6, 6.07) is 8.25. The van der Waals surface area contributed by atoms with Gasteiger partial charge in [-0.2, -0.15) is 0 Å². The minimum atomic E-state index is 0.114. The van der Waals surface area contributed by atoms with Crippen LogP contribution in [0.3, 0.4) is 0 Å². The molecule has 2 rings (SSSR count). The number of amides is 1. The summed E-state index contributed by atoms with van der Waals surface area (Å²) in [5.74, 6) is 5.86.